The van der Waals surface area contributed by atoms with Crippen molar-refractivity contribution in [2.24, 2.45) is 11.8 Å². The monoisotopic (exact) mass is 464 g/mol. The molecule has 0 unspecified atom stereocenters. The zero-order chi connectivity index (χ0) is 25.4. The van der Waals surface area contributed by atoms with Crippen LogP contribution in [0.3, 0.4) is 0 Å². The SMILES string of the molecule is COc1ccc([C@H]2[C@H](C(=O)OC(C)(C)C)C(=O)C[C@@](C)(O)[C@@H]2C(=O)OC(C)(C)C)cc1OC. The van der Waals surface area contributed by atoms with Crippen LogP contribution < -0.4 is 9.47 Å². The normalized spacial score (nSPS) is 25.9. The number of methoxy groups -OCH3 is 2. The van der Waals surface area contributed by atoms with Gasteiger partial charge in [0.2, 0.25) is 0 Å². The summed E-state index contributed by atoms with van der Waals surface area (Å²) in [5, 5.41) is 11.2. The Morgan fingerprint density at radius 1 is 0.939 bits per heavy atom. The summed E-state index contributed by atoms with van der Waals surface area (Å²) < 4.78 is 21.9. The third kappa shape index (κ3) is 6.25. The van der Waals surface area contributed by atoms with Crippen LogP contribution >= 0.6 is 0 Å². The van der Waals surface area contributed by atoms with Gasteiger partial charge in [0, 0.05) is 12.3 Å². The minimum Gasteiger partial charge on any atom is -0.493 e. The largest absolute Gasteiger partial charge is 0.493 e. The second-order valence-electron chi connectivity index (χ2n) is 10.7. The molecule has 0 amide bonds. The van der Waals surface area contributed by atoms with E-state index in [1.807, 2.05) is 0 Å². The molecular formula is C25H36O8. The van der Waals surface area contributed by atoms with Crippen molar-refractivity contribution in [1.29, 1.82) is 0 Å². The fourth-order valence-corrected chi connectivity index (χ4v) is 4.21. The second-order valence-corrected chi connectivity index (χ2v) is 10.7. The van der Waals surface area contributed by atoms with Crippen LogP contribution in [0.5, 0.6) is 11.5 Å². The van der Waals surface area contributed by atoms with Crippen molar-refractivity contribution in [3.05, 3.63) is 23.8 Å². The average molecular weight is 465 g/mol. The number of aliphatic hydroxyl groups is 1. The van der Waals surface area contributed by atoms with Crippen LogP contribution in [0.15, 0.2) is 18.2 Å². The molecule has 0 heterocycles. The van der Waals surface area contributed by atoms with Gasteiger partial charge >= 0.3 is 11.9 Å². The fraction of sp³-hybridized carbons (Fsp3) is 0.640. The number of esters is 2. The fourth-order valence-electron chi connectivity index (χ4n) is 4.21. The van der Waals surface area contributed by atoms with Crippen LogP contribution in [0.2, 0.25) is 0 Å². The van der Waals surface area contributed by atoms with Gasteiger partial charge in [-0.25, -0.2) is 0 Å². The van der Waals surface area contributed by atoms with Crippen molar-refractivity contribution < 1.29 is 38.4 Å². The van der Waals surface area contributed by atoms with Crippen molar-refractivity contribution in [1.82, 2.24) is 0 Å². The van der Waals surface area contributed by atoms with Crippen molar-refractivity contribution in [2.45, 2.75) is 77.6 Å². The third-order valence-electron chi connectivity index (χ3n) is 5.38. The Morgan fingerprint density at radius 2 is 1.45 bits per heavy atom. The Kier molecular flexibility index (Phi) is 7.53. The lowest BCUT2D eigenvalue weighted by Gasteiger charge is -2.44. The van der Waals surface area contributed by atoms with E-state index < -0.39 is 52.3 Å². The van der Waals surface area contributed by atoms with E-state index >= 15 is 0 Å². The van der Waals surface area contributed by atoms with E-state index in [0.29, 0.717) is 17.1 Å². The van der Waals surface area contributed by atoms with Crippen molar-refractivity contribution in [3.63, 3.8) is 0 Å². The first-order valence-corrected chi connectivity index (χ1v) is 10.9. The van der Waals surface area contributed by atoms with Gasteiger partial charge in [0.05, 0.1) is 25.7 Å². The molecule has 184 valence electrons. The minimum absolute atomic E-state index is 0.360. The zero-order valence-corrected chi connectivity index (χ0v) is 21.0. The van der Waals surface area contributed by atoms with Gasteiger partial charge in [0.25, 0.3) is 0 Å². The molecule has 1 N–H and O–H groups in total. The molecular weight excluding hydrogens is 428 g/mol. The standard InChI is InChI=1S/C25H36O8/c1-23(2,3)32-21(27)19-15(26)13-25(7,29)20(22(28)33-24(4,5)6)18(19)14-10-11-16(30-8)17(12-14)31-9/h10-12,18-20,29H,13H2,1-9H3/t18-,19+,20-,25+/m0/s1. The first-order chi connectivity index (χ1) is 15.0. The number of hydrogen-bond donors (Lipinski definition) is 1. The van der Waals surface area contributed by atoms with E-state index in [1.165, 1.54) is 21.1 Å². The molecule has 0 radical (unpaired) electrons. The topological polar surface area (TPSA) is 108 Å². The molecule has 0 spiro atoms. The van der Waals surface area contributed by atoms with Crippen LogP contribution in [0.1, 0.15) is 66.4 Å². The van der Waals surface area contributed by atoms with E-state index in [4.69, 9.17) is 18.9 Å². The molecule has 1 aliphatic rings. The van der Waals surface area contributed by atoms with E-state index in [9.17, 15) is 19.5 Å². The van der Waals surface area contributed by atoms with Gasteiger partial charge in [-0.05, 0) is 66.2 Å². The summed E-state index contributed by atoms with van der Waals surface area (Å²) in [4.78, 5) is 39.7. The summed E-state index contributed by atoms with van der Waals surface area (Å²) in [5.41, 5.74) is -2.97. The van der Waals surface area contributed by atoms with Crippen LogP contribution in [0.25, 0.3) is 0 Å². The van der Waals surface area contributed by atoms with Gasteiger partial charge in [-0.15, -0.1) is 0 Å². The summed E-state index contributed by atoms with van der Waals surface area (Å²) in [6.45, 7) is 11.7. The number of rotatable bonds is 5. The van der Waals surface area contributed by atoms with E-state index in [0.717, 1.165) is 0 Å². The van der Waals surface area contributed by atoms with Crippen LogP contribution in [-0.2, 0) is 23.9 Å². The first-order valence-electron chi connectivity index (χ1n) is 10.9. The predicted octanol–water partition coefficient (Wildman–Crippen LogP) is 3.43. The van der Waals surface area contributed by atoms with Gasteiger partial charge in [-0.3, -0.25) is 14.4 Å². The van der Waals surface area contributed by atoms with Gasteiger partial charge in [-0.1, -0.05) is 6.07 Å². The number of ether oxygens (including phenoxy) is 4. The molecule has 0 bridgehead atoms. The maximum atomic E-state index is 13.3. The van der Waals surface area contributed by atoms with Crippen LogP contribution in [-0.4, -0.2) is 53.9 Å². The first kappa shape index (κ1) is 26.6. The highest BCUT2D eigenvalue weighted by molar-refractivity contribution is 6.03. The Balaban J connectivity index is 2.72. The van der Waals surface area contributed by atoms with Crippen LogP contribution in [0, 0.1) is 11.8 Å². The minimum atomic E-state index is -1.74. The maximum Gasteiger partial charge on any atom is 0.317 e. The summed E-state index contributed by atoms with van der Waals surface area (Å²) in [6, 6.07) is 4.88. The molecule has 8 nitrogen and oxygen atoms in total. The number of hydrogen-bond acceptors (Lipinski definition) is 8. The molecule has 1 saturated carbocycles. The molecule has 1 fully saturated rings. The molecule has 1 aromatic rings. The van der Waals surface area contributed by atoms with Crippen molar-refractivity contribution in [2.75, 3.05) is 14.2 Å². The molecule has 0 aromatic heterocycles. The Morgan fingerprint density at radius 3 is 1.94 bits per heavy atom. The number of carbonyl (C=O) groups is 3. The van der Waals surface area contributed by atoms with Crippen LogP contribution in [0.4, 0.5) is 0 Å². The lowest BCUT2D eigenvalue weighted by atomic mass is 9.61. The predicted molar refractivity (Wildman–Crippen MR) is 121 cm³/mol. The van der Waals surface area contributed by atoms with Gasteiger partial charge in [-0.2, -0.15) is 0 Å². The number of benzene rings is 1. The van der Waals surface area contributed by atoms with Crippen molar-refractivity contribution >= 4 is 17.7 Å². The third-order valence-corrected chi connectivity index (χ3v) is 5.38. The average Bonchev–Trinajstić information content (AvgIpc) is 2.62. The Bertz CT molecular complexity index is 904. The second kappa shape index (κ2) is 9.33. The molecule has 8 heteroatoms. The lowest BCUT2D eigenvalue weighted by Crippen LogP contribution is -2.56. The van der Waals surface area contributed by atoms with Gasteiger partial charge < -0.3 is 24.1 Å². The highest BCUT2D eigenvalue weighted by atomic mass is 16.6. The maximum absolute atomic E-state index is 13.3. The molecule has 1 aliphatic carbocycles. The quantitative estimate of drug-likeness (QED) is 0.522. The van der Waals surface area contributed by atoms with Crippen molar-refractivity contribution in [3.8, 4) is 11.5 Å². The van der Waals surface area contributed by atoms with Gasteiger partial charge in [0.15, 0.2) is 17.3 Å². The lowest BCUT2D eigenvalue weighted by molar-refractivity contribution is -0.182. The Hall–Kier alpha value is -2.61. The van der Waals surface area contributed by atoms with E-state index in [-0.39, 0.29) is 6.42 Å². The molecule has 33 heavy (non-hydrogen) atoms. The van der Waals surface area contributed by atoms with Gasteiger partial charge in [0.1, 0.15) is 17.1 Å². The molecule has 0 saturated heterocycles. The number of Topliss-reactive ketones (excluding diaryl/α,β-unsaturated/α-hetero) is 1. The number of carbonyl (C=O) groups excluding carboxylic acids is 3. The molecule has 2 rings (SSSR count). The summed E-state index contributed by atoms with van der Waals surface area (Å²) in [6.07, 6.45) is -0.384. The molecule has 1 aromatic carbocycles. The summed E-state index contributed by atoms with van der Waals surface area (Å²) in [5.74, 6) is -4.70. The number of ketones is 1. The van der Waals surface area contributed by atoms with E-state index in [1.54, 1.807) is 59.7 Å². The summed E-state index contributed by atoms with van der Waals surface area (Å²) in [7, 11) is 2.94. The Labute approximate surface area is 195 Å². The zero-order valence-electron chi connectivity index (χ0n) is 21.0. The molecule has 0 aliphatic heterocycles. The molecule has 4 atom stereocenters. The highest BCUT2D eigenvalue weighted by Crippen LogP contribution is 2.48. The van der Waals surface area contributed by atoms with E-state index in [2.05, 4.69) is 0 Å². The highest BCUT2D eigenvalue weighted by Gasteiger charge is 2.58. The summed E-state index contributed by atoms with van der Waals surface area (Å²) >= 11 is 0. The smallest absolute Gasteiger partial charge is 0.317 e.